The van der Waals surface area contributed by atoms with Crippen LogP contribution >= 0.6 is 11.8 Å². The van der Waals surface area contributed by atoms with Crippen LogP contribution in [0.3, 0.4) is 0 Å². The van der Waals surface area contributed by atoms with Gasteiger partial charge in [0.15, 0.2) is 0 Å². The fourth-order valence-corrected chi connectivity index (χ4v) is 2.55. The molecule has 2 rings (SSSR count). The predicted molar refractivity (Wildman–Crippen MR) is 91.7 cm³/mol. The molecule has 8 heteroatoms. The maximum absolute atomic E-state index is 11.6. The van der Waals surface area contributed by atoms with Crippen LogP contribution in [0.5, 0.6) is 0 Å². The minimum absolute atomic E-state index is 0.00398. The molecule has 0 bridgehead atoms. The Kier molecular flexibility index (Phi) is 6.14. The van der Waals surface area contributed by atoms with E-state index in [1.54, 1.807) is 0 Å². The number of rotatable bonds is 6. The molecule has 126 valence electrons. The van der Waals surface area contributed by atoms with E-state index in [1.807, 2.05) is 26.0 Å². The lowest BCUT2D eigenvalue weighted by Gasteiger charge is -2.03. The van der Waals surface area contributed by atoms with Crippen LogP contribution in [-0.4, -0.2) is 34.4 Å². The van der Waals surface area contributed by atoms with E-state index < -0.39 is 11.9 Å². The minimum Gasteiger partial charge on any atom is -0.411 e. The van der Waals surface area contributed by atoms with Gasteiger partial charge >= 0.3 is 6.03 Å². The van der Waals surface area contributed by atoms with Gasteiger partial charge in [-0.2, -0.15) is 0 Å². The summed E-state index contributed by atoms with van der Waals surface area (Å²) < 4.78 is 5.55. The van der Waals surface area contributed by atoms with Crippen LogP contribution in [0.15, 0.2) is 40.5 Å². The van der Waals surface area contributed by atoms with Gasteiger partial charge in [-0.1, -0.05) is 35.0 Å². The first kappa shape index (κ1) is 17.7. The molecule has 0 saturated heterocycles. The average Bonchev–Trinajstić information content (AvgIpc) is 2.99. The van der Waals surface area contributed by atoms with Crippen molar-refractivity contribution in [2.75, 3.05) is 12.3 Å². The first-order chi connectivity index (χ1) is 11.5. The lowest BCUT2D eigenvalue weighted by atomic mass is 10.1. The van der Waals surface area contributed by atoms with Crippen LogP contribution in [-0.2, 0) is 4.79 Å². The van der Waals surface area contributed by atoms with Crippen LogP contribution in [0, 0.1) is 13.8 Å². The highest BCUT2D eigenvalue weighted by molar-refractivity contribution is 7.99. The number of hydrogen-bond donors (Lipinski definition) is 2. The molecule has 1 aromatic heterocycles. The van der Waals surface area contributed by atoms with E-state index in [-0.39, 0.29) is 17.5 Å². The number of benzene rings is 1. The smallest absolute Gasteiger partial charge is 0.321 e. The van der Waals surface area contributed by atoms with E-state index in [9.17, 15) is 9.59 Å². The van der Waals surface area contributed by atoms with Gasteiger partial charge in [-0.15, -0.1) is 16.8 Å². The van der Waals surface area contributed by atoms with E-state index in [1.165, 1.54) is 6.08 Å². The third-order valence-corrected chi connectivity index (χ3v) is 3.68. The molecular weight excluding hydrogens is 328 g/mol. The van der Waals surface area contributed by atoms with Crippen LogP contribution in [0.2, 0.25) is 0 Å². The van der Waals surface area contributed by atoms with Crippen molar-refractivity contribution in [1.82, 2.24) is 20.8 Å². The number of aryl methyl sites for hydroxylation is 2. The van der Waals surface area contributed by atoms with Crippen LogP contribution < -0.4 is 10.6 Å². The number of amides is 3. The van der Waals surface area contributed by atoms with E-state index >= 15 is 0 Å². The summed E-state index contributed by atoms with van der Waals surface area (Å²) >= 11 is 1.07. The molecule has 3 amide bonds. The molecule has 1 heterocycles. The summed E-state index contributed by atoms with van der Waals surface area (Å²) in [5.74, 6) is -0.0585. The number of carbonyl (C=O) groups is 2. The van der Waals surface area contributed by atoms with Crippen molar-refractivity contribution in [2.24, 2.45) is 0 Å². The Morgan fingerprint density at radius 2 is 1.96 bits per heavy atom. The largest absolute Gasteiger partial charge is 0.411 e. The maximum Gasteiger partial charge on any atom is 0.321 e. The second-order valence-corrected chi connectivity index (χ2v) is 6.01. The van der Waals surface area contributed by atoms with Gasteiger partial charge in [0.05, 0.1) is 5.75 Å². The van der Waals surface area contributed by atoms with Crippen molar-refractivity contribution >= 4 is 23.7 Å². The number of nitrogens with zero attached hydrogens (tertiary/aromatic N) is 2. The molecule has 0 unspecified atom stereocenters. The highest BCUT2D eigenvalue weighted by Gasteiger charge is 2.13. The van der Waals surface area contributed by atoms with Crippen LogP contribution in [0.25, 0.3) is 11.5 Å². The number of imide groups is 1. The van der Waals surface area contributed by atoms with Crippen LogP contribution in [0.1, 0.15) is 11.1 Å². The first-order valence-electron chi connectivity index (χ1n) is 7.21. The van der Waals surface area contributed by atoms with Crippen LogP contribution in [0.4, 0.5) is 4.79 Å². The summed E-state index contributed by atoms with van der Waals surface area (Å²) in [6.07, 6.45) is 1.52. The highest BCUT2D eigenvalue weighted by atomic mass is 32.2. The Labute approximate surface area is 143 Å². The molecule has 0 fully saturated rings. The quantitative estimate of drug-likeness (QED) is 0.616. The molecular formula is C16H18N4O3S. The summed E-state index contributed by atoms with van der Waals surface area (Å²) in [7, 11) is 0. The summed E-state index contributed by atoms with van der Waals surface area (Å²) in [5.41, 5.74) is 3.03. The van der Waals surface area contributed by atoms with Gasteiger partial charge in [0.25, 0.3) is 5.22 Å². The van der Waals surface area contributed by atoms with Gasteiger partial charge in [0.1, 0.15) is 0 Å². The number of aromatic nitrogens is 2. The molecule has 2 N–H and O–H groups in total. The fourth-order valence-electron chi connectivity index (χ4n) is 1.98. The number of hydrogen-bond acceptors (Lipinski definition) is 6. The SMILES string of the molecule is C=CCNC(=O)NC(=O)CSc1nnc(-c2cc(C)cc(C)c2)o1. The molecule has 0 radical (unpaired) electrons. The second-order valence-electron chi connectivity index (χ2n) is 5.09. The van der Waals surface area contributed by atoms with Crippen molar-refractivity contribution in [3.8, 4) is 11.5 Å². The number of thioether (sulfide) groups is 1. The van der Waals surface area contributed by atoms with Crippen molar-refractivity contribution in [3.63, 3.8) is 0 Å². The van der Waals surface area contributed by atoms with Crippen molar-refractivity contribution in [2.45, 2.75) is 19.1 Å². The Balaban J connectivity index is 1.91. The molecule has 0 aliphatic carbocycles. The fraction of sp³-hybridized carbons (Fsp3) is 0.250. The summed E-state index contributed by atoms with van der Waals surface area (Å²) in [6.45, 7) is 7.73. The third-order valence-electron chi connectivity index (χ3n) is 2.86. The topological polar surface area (TPSA) is 97.1 Å². The number of nitrogens with one attached hydrogen (secondary N) is 2. The van der Waals surface area contributed by atoms with Gasteiger partial charge in [0, 0.05) is 12.1 Å². The second kappa shape index (κ2) is 8.30. The molecule has 7 nitrogen and oxygen atoms in total. The molecule has 0 aliphatic heterocycles. The van der Waals surface area contributed by atoms with Gasteiger partial charge < -0.3 is 9.73 Å². The van der Waals surface area contributed by atoms with Gasteiger partial charge in [0.2, 0.25) is 11.8 Å². The van der Waals surface area contributed by atoms with Gasteiger partial charge in [-0.3, -0.25) is 10.1 Å². The van der Waals surface area contributed by atoms with E-state index in [0.29, 0.717) is 5.89 Å². The Morgan fingerprint density at radius 3 is 2.62 bits per heavy atom. The molecule has 2 aromatic rings. The van der Waals surface area contributed by atoms with Crippen molar-refractivity contribution < 1.29 is 14.0 Å². The van der Waals surface area contributed by atoms with E-state index in [4.69, 9.17) is 4.42 Å². The Hall–Kier alpha value is -2.61. The van der Waals surface area contributed by atoms with Gasteiger partial charge in [-0.05, 0) is 26.0 Å². The zero-order valence-electron chi connectivity index (χ0n) is 13.5. The molecule has 0 atom stereocenters. The zero-order valence-corrected chi connectivity index (χ0v) is 14.3. The van der Waals surface area contributed by atoms with Crippen molar-refractivity contribution in [3.05, 3.63) is 42.0 Å². The first-order valence-corrected chi connectivity index (χ1v) is 8.20. The third kappa shape index (κ3) is 5.24. The molecule has 0 spiro atoms. The Bertz CT molecular complexity index is 737. The summed E-state index contributed by atoms with van der Waals surface area (Å²) in [6, 6.07) is 5.39. The zero-order chi connectivity index (χ0) is 17.5. The molecule has 0 saturated carbocycles. The molecule has 24 heavy (non-hydrogen) atoms. The van der Waals surface area contributed by atoms with Gasteiger partial charge in [-0.25, -0.2) is 4.79 Å². The number of carbonyl (C=O) groups excluding carboxylic acids is 2. The lowest BCUT2D eigenvalue weighted by molar-refractivity contribution is -0.117. The molecule has 1 aromatic carbocycles. The summed E-state index contributed by atoms with van der Waals surface area (Å²) in [4.78, 5) is 23.0. The van der Waals surface area contributed by atoms with E-state index in [2.05, 4.69) is 33.5 Å². The summed E-state index contributed by atoms with van der Waals surface area (Å²) in [5, 5.41) is 12.8. The molecule has 0 aliphatic rings. The maximum atomic E-state index is 11.6. The minimum atomic E-state index is -0.568. The average molecular weight is 346 g/mol. The van der Waals surface area contributed by atoms with E-state index in [0.717, 1.165) is 28.5 Å². The standard InChI is InChI=1S/C16H18N4O3S/c1-4-5-17-15(22)18-13(21)9-24-16-20-19-14(23-16)12-7-10(2)6-11(3)8-12/h4,6-8H,1,5,9H2,2-3H3,(H2,17,18,21,22). The van der Waals surface area contributed by atoms with Crippen molar-refractivity contribution in [1.29, 1.82) is 0 Å². The monoisotopic (exact) mass is 346 g/mol. The highest BCUT2D eigenvalue weighted by Crippen LogP contribution is 2.24. The predicted octanol–water partition coefficient (Wildman–Crippen LogP) is 2.46. The number of urea groups is 1. The Morgan fingerprint density at radius 1 is 1.25 bits per heavy atom. The normalized spacial score (nSPS) is 10.2. The lowest BCUT2D eigenvalue weighted by Crippen LogP contribution is -2.40.